The first-order valence-corrected chi connectivity index (χ1v) is 18.0. The SMILES string of the molecule is C=CCCCCc1cc(F)cc(C)c1-c1cc(C)c(F)c([C@H](CC(=O)OCC)NC(=O)[C@H](CC=C)n2cc(CCN3CC(OC)C3)c(C)nc2=O)c1. The number of likely N-dealkylation sites (tertiary alicyclic amines) is 1. The van der Waals surface area contributed by atoms with E-state index < -0.39 is 35.5 Å². The summed E-state index contributed by atoms with van der Waals surface area (Å²) in [6.45, 7) is 16.9. The molecule has 52 heavy (non-hydrogen) atoms. The highest BCUT2D eigenvalue weighted by Gasteiger charge is 2.30. The summed E-state index contributed by atoms with van der Waals surface area (Å²) >= 11 is 0. The Bertz CT molecular complexity index is 1820. The number of unbranched alkanes of at least 4 members (excludes halogenated alkanes) is 2. The summed E-state index contributed by atoms with van der Waals surface area (Å²) in [6, 6.07) is 4.04. The number of methoxy groups -OCH3 is 1. The summed E-state index contributed by atoms with van der Waals surface area (Å²) in [5.74, 6) is -2.19. The fourth-order valence-electron chi connectivity index (χ4n) is 6.81. The molecule has 11 heteroatoms. The number of hydrogen-bond acceptors (Lipinski definition) is 7. The smallest absolute Gasteiger partial charge is 0.348 e. The topological polar surface area (TPSA) is 103 Å². The number of ether oxygens (including phenoxy) is 2. The summed E-state index contributed by atoms with van der Waals surface area (Å²) in [4.78, 5) is 46.8. The third kappa shape index (κ3) is 10.1. The van der Waals surface area contributed by atoms with E-state index in [1.807, 2.05) is 13.0 Å². The Hall–Kier alpha value is -4.48. The van der Waals surface area contributed by atoms with Crippen molar-refractivity contribution in [2.24, 2.45) is 0 Å². The number of amides is 1. The van der Waals surface area contributed by atoms with Gasteiger partial charge in [-0.1, -0.05) is 12.2 Å². The molecule has 9 nitrogen and oxygen atoms in total. The number of hydrogen-bond donors (Lipinski definition) is 1. The molecular formula is C41H52F2N4O5. The second-order valence-corrected chi connectivity index (χ2v) is 13.5. The second kappa shape index (κ2) is 18.8. The standard InChI is InChI=1S/C41H52F2N4O5/c1-8-11-12-13-15-29-20-32(42)19-26(4)38(29)31-18-27(5)39(43)34(21-31)35(22-37(48)52-10-3)45-40(49)36(14-9-2)47-23-30(28(6)44-41(47)50)16-17-46-24-33(25-46)51-7/h8-9,18-21,23,33,35-36H,1-2,10-17,22,24-25H2,3-7H3,(H,45,49)/t35-,36-/m0/s1. The van der Waals surface area contributed by atoms with Crippen LogP contribution in [0.3, 0.4) is 0 Å². The molecule has 2 aromatic carbocycles. The van der Waals surface area contributed by atoms with E-state index in [4.69, 9.17) is 9.47 Å². The van der Waals surface area contributed by atoms with Gasteiger partial charge in [0, 0.05) is 44.2 Å². The van der Waals surface area contributed by atoms with Gasteiger partial charge in [-0.05, 0) is 124 Å². The molecule has 2 atom stereocenters. The van der Waals surface area contributed by atoms with Gasteiger partial charge in [0.15, 0.2) is 0 Å². The van der Waals surface area contributed by atoms with Crippen molar-refractivity contribution in [3.05, 3.63) is 111 Å². The molecular weight excluding hydrogens is 666 g/mol. The molecule has 4 rings (SSSR count). The predicted molar refractivity (Wildman–Crippen MR) is 199 cm³/mol. The van der Waals surface area contributed by atoms with E-state index >= 15 is 4.39 Å². The molecule has 0 bridgehead atoms. The molecule has 0 spiro atoms. The van der Waals surface area contributed by atoms with Crippen molar-refractivity contribution in [2.75, 3.05) is 33.4 Å². The number of carbonyl (C=O) groups excluding carboxylic acids is 2. The van der Waals surface area contributed by atoms with E-state index in [1.165, 1.54) is 22.8 Å². The highest BCUT2D eigenvalue weighted by atomic mass is 19.1. The van der Waals surface area contributed by atoms with Gasteiger partial charge >= 0.3 is 11.7 Å². The van der Waals surface area contributed by atoms with Crippen LogP contribution in [0.5, 0.6) is 0 Å². The molecule has 0 aliphatic carbocycles. The zero-order chi connectivity index (χ0) is 37.9. The third-order valence-electron chi connectivity index (χ3n) is 9.65. The zero-order valence-corrected chi connectivity index (χ0v) is 31.1. The van der Waals surface area contributed by atoms with Gasteiger partial charge in [-0.2, -0.15) is 4.98 Å². The Morgan fingerprint density at radius 1 is 1.04 bits per heavy atom. The van der Waals surface area contributed by atoms with E-state index in [0.29, 0.717) is 35.2 Å². The first-order chi connectivity index (χ1) is 24.9. The highest BCUT2D eigenvalue weighted by molar-refractivity contribution is 5.82. The van der Waals surface area contributed by atoms with Crippen LogP contribution in [0.4, 0.5) is 8.78 Å². The number of benzene rings is 2. The fraction of sp³-hybridized carbons (Fsp3) is 0.463. The maximum absolute atomic E-state index is 16.2. The van der Waals surface area contributed by atoms with E-state index in [1.54, 1.807) is 46.2 Å². The van der Waals surface area contributed by atoms with Crippen LogP contribution in [0.2, 0.25) is 0 Å². The van der Waals surface area contributed by atoms with Crippen LogP contribution in [-0.2, 0) is 31.9 Å². The van der Waals surface area contributed by atoms with Crippen molar-refractivity contribution < 1.29 is 27.8 Å². The minimum Gasteiger partial charge on any atom is -0.466 e. The Kier molecular flexibility index (Phi) is 14.6. The Balaban J connectivity index is 1.72. The predicted octanol–water partition coefficient (Wildman–Crippen LogP) is 6.81. The molecule has 0 saturated carbocycles. The number of aryl methyl sites for hydroxylation is 4. The van der Waals surface area contributed by atoms with Crippen molar-refractivity contribution in [1.29, 1.82) is 0 Å². The van der Waals surface area contributed by atoms with Gasteiger partial charge in [0.2, 0.25) is 5.91 Å². The molecule has 280 valence electrons. The molecule has 1 amide bonds. The van der Waals surface area contributed by atoms with Crippen LogP contribution in [0.1, 0.15) is 84.6 Å². The largest absolute Gasteiger partial charge is 0.466 e. The van der Waals surface area contributed by atoms with Crippen molar-refractivity contribution >= 4 is 11.9 Å². The van der Waals surface area contributed by atoms with Gasteiger partial charge in [-0.15, -0.1) is 13.2 Å². The number of halogens is 2. The average Bonchev–Trinajstić information content (AvgIpc) is 3.07. The van der Waals surface area contributed by atoms with E-state index in [0.717, 1.165) is 55.6 Å². The zero-order valence-electron chi connectivity index (χ0n) is 31.1. The first kappa shape index (κ1) is 40.3. The number of nitrogens with one attached hydrogen (secondary N) is 1. The number of rotatable bonds is 19. The lowest BCUT2D eigenvalue weighted by molar-refractivity contribution is -0.144. The van der Waals surface area contributed by atoms with Crippen molar-refractivity contribution in [1.82, 2.24) is 19.8 Å². The lowest BCUT2D eigenvalue weighted by Gasteiger charge is -2.38. The molecule has 1 aliphatic heterocycles. The lowest BCUT2D eigenvalue weighted by Crippen LogP contribution is -2.52. The first-order valence-electron chi connectivity index (χ1n) is 18.0. The van der Waals surface area contributed by atoms with Gasteiger partial charge in [0.25, 0.3) is 0 Å². The molecule has 1 aromatic heterocycles. The molecule has 1 N–H and O–H groups in total. The molecule has 1 saturated heterocycles. The van der Waals surface area contributed by atoms with E-state index in [9.17, 15) is 18.8 Å². The van der Waals surface area contributed by atoms with Crippen molar-refractivity contribution in [2.45, 2.75) is 90.8 Å². The van der Waals surface area contributed by atoms with Gasteiger partial charge in [0.05, 0.1) is 25.2 Å². The minimum absolute atomic E-state index is 0.0778. The van der Waals surface area contributed by atoms with Gasteiger partial charge in [0.1, 0.15) is 17.7 Å². The van der Waals surface area contributed by atoms with Crippen molar-refractivity contribution in [3.8, 4) is 11.1 Å². The molecule has 1 fully saturated rings. The van der Waals surface area contributed by atoms with Gasteiger partial charge in [-0.25, -0.2) is 13.6 Å². The maximum atomic E-state index is 16.2. The summed E-state index contributed by atoms with van der Waals surface area (Å²) < 4.78 is 42.7. The highest BCUT2D eigenvalue weighted by Crippen LogP contribution is 2.35. The average molecular weight is 719 g/mol. The monoisotopic (exact) mass is 718 g/mol. The molecule has 3 aromatic rings. The summed E-state index contributed by atoms with van der Waals surface area (Å²) in [7, 11) is 1.69. The number of allylic oxidation sites excluding steroid dienone is 2. The molecule has 1 aliphatic rings. The Morgan fingerprint density at radius 3 is 2.46 bits per heavy atom. The number of nitrogens with zero attached hydrogens (tertiary/aromatic N) is 3. The van der Waals surface area contributed by atoms with Crippen LogP contribution in [0.15, 0.2) is 60.6 Å². The van der Waals surface area contributed by atoms with E-state index in [2.05, 4.69) is 28.4 Å². The van der Waals surface area contributed by atoms with Gasteiger partial charge < -0.3 is 14.8 Å². The minimum atomic E-state index is -1.15. The lowest BCUT2D eigenvalue weighted by atomic mass is 9.88. The van der Waals surface area contributed by atoms with Gasteiger partial charge in [-0.3, -0.25) is 19.1 Å². The van der Waals surface area contributed by atoms with Crippen LogP contribution in [0, 0.1) is 32.4 Å². The van der Waals surface area contributed by atoms with Crippen molar-refractivity contribution in [3.63, 3.8) is 0 Å². The molecule has 2 heterocycles. The third-order valence-corrected chi connectivity index (χ3v) is 9.65. The normalized spacial score (nSPS) is 14.4. The van der Waals surface area contributed by atoms with Crippen LogP contribution < -0.4 is 11.0 Å². The fourth-order valence-corrected chi connectivity index (χ4v) is 6.81. The molecule has 0 radical (unpaired) electrons. The van der Waals surface area contributed by atoms with Crippen LogP contribution >= 0.6 is 0 Å². The second-order valence-electron chi connectivity index (χ2n) is 13.5. The van der Waals surface area contributed by atoms with Crippen LogP contribution in [-0.4, -0.2) is 65.8 Å². The number of esters is 1. The van der Waals surface area contributed by atoms with Crippen LogP contribution in [0.25, 0.3) is 11.1 Å². The molecule has 0 unspecified atom stereocenters. The Labute approximate surface area is 305 Å². The number of aromatic nitrogens is 2. The maximum Gasteiger partial charge on any atom is 0.348 e. The summed E-state index contributed by atoms with van der Waals surface area (Å²) in [5, 5.41) is 2.87. The number of carbonyl (C=O) groups is 2. The Morgan fingerprint density at radius 2 is 1.79 bits per heavy atom. The quantitative estimate of drug-likeness (QED) is 0.0826. The summed E-state index contributed by atoms with van der Waals surface area (Å²) in [5.41, 5.74) is 4.03. The summed E-state index contributed by atoms with van der Waals surface area (Å²) in [6.07, 6.45) is 8.71. The van der Waals surface area contributed by atoms with E-state index in [-0.39, 0.29) is 36.9 Å².